The molecule has 0 aromatic heterocycles. The van der Waals surface area contributed by atoms with Crippen LogP contribution >= 0.6 is 0 Å². The highest BCUT2D eigenvalue weighted by atomic mass is 16.1. The Labute approximate surface area is 158 Å². The molecule has 0 aliphatic heterocycles. The highest BCUT2D eigenvalue weighted by Gasteiger charge is 2.26. The Hall–Kier alpha value is -0.570. The molecule has 0 aromatic carbocycles. The fourth-order valence-corrected chi connectivity index (χ4v) is 3.62. The summed E-state index contributed by atoms with van der Waals surface area (Å²) in [5.74, 6) is -0.0951. The van der Waals surface area contributed by atoms with Gasteiger partial charge in [0.15, 0.2) is 0 Å². The lowest BCUT2D eigenvalue weighted by atomic mass is 9.91. The lowest BCUT2D eigenvalue weighted by Gasteiger charge is -2.33. The number of hydrogen-bond acceptors (Lipinski definition) is 2. The van der Waals surface area contributed by atoms with Crippen LogP contribution in [0.4, 0.5) is 0 Å². The highest BCUT2D eigenvalue weighted by Crippen LogP contribution is 2.20. The number of rotatable bonds is 18. The molecule has 0 aliphatic rings. The first-order valence-corrected chi connectivity index (χ1v) is 11.1. The van der Waals surface area contributed by atoms with Gasteiger partial charge < -0.3 is 5.73 Å². The number of primary amides is 1. The van der Waals surface area contributed by atoms with Crippen LogP contribution in [0.3, 0.4) is 0 Å². The van der Waals surface area contributed by atoms with Crippen molar-refractivity contribution in [3.8, 4) is 0 Å². The average molecular weight is 355 g/mol. The van der Waals surface area contributed by atoms with Crippen molar-refractivity contribution in [2.75, 3.05) is 13.1 Å². The minimum atomic E-state index is -0.103. The van der Waals surface area contributed by atoms with Gasteiger partial charge in [-0.15, -0.1) is 0 Å². The Morgan fingerprint density at radius 3 is 1.64 bits per heavy atom. The quantitative estimate of drug-likeness (QED) is 0.311. The second kappa shape index (κ2) is 16.9. The summed E-state index contributed by atoms with van der Waals surface area (Å²) < 4.78 is 0. The number of amides is 1. The fraction of sp³-hybridized carbons (Fsp3) is 0.955. The molecule has 150 valence electrons. The molecule has 0 radical (unpaired) electrons. The zero-order valence-electron chi connectivity index (χ0n) is 17.7. The monoisotopic (exact) mass is 354 g/mol. The van der Waals surface area contributed by atoms with Crippen LogP contribution in [0.2, 0.25) is 0 Å². The first-order chi connectivity index (χ1) is 12.1. The van der Waals surface area contributed by atoms with Crippen molar-refractivity contribution in [3.63, 3.8) is 0 Å². The third-order valence-corrected chi connectivity index (χ3v) is 5.49. The molecule has 0 saturated carbocycles. The first-order valence-electron chi connectivity index (χ1n) is 11.1. The van der Waals surface area contributed by atoms with E-state index in [2.05, 4.69) is 32.6 Å². The maximum atomic E-state index is 12.0. The number of carbonyl (C=O) groups excluding carboxylic acids is 1. The van der Waals surface area contributed by atoms with Crippen molar-refractivity contribution in [2.24, 2.45) is 11.7 Å². The van der Waals surface area contributed by atoms with Gasteiger partial charge in [0.25, 0.3) is 0 Å². The highest BCUT2D eigenvalue weighted by molar-refractivity contribution is 5.77. The molecular weight excluding hydrogens is 308 g/mol. The van der Waals surface area contributed by atoms with Crippen LogP contribution in [0.15, 0.2) is 0 Å². The van der Waals surface area contributed by atoms with Gasteiger partial charge in [-0.25, -0.2) is 0 Å². The molecule has 0 bridgehead atoms. The topological polar surface area (TPSA) is 46.3 Å². The summed E-state index contributed by atoms with van der Waals surface area (Å²) in [4.78, 5) is 14.5. The zero-order chi connectivity index (χ0) is 18.9. The van der Waals surface area contributed by atoms with Gasteiger partial charge in [-0.3, -0.25) is 9.69 Å². The molecule has 0 rings (SSSR count). The van der Waals surface area contributed by atoms with Crippen molar-refractivity contribution in [1.82, 2.24) is 4.90 Å². The van der Waals surface area contributed by atoms with Crippen LogP contribution in [0.5, 0.6) is 0 Å². The SMILES string of the molecule is CCCCCCCCCCC(C(N)=O)C(C)N(CCCC)CCCC. The van der Waals surface area contributed by atoms with E-state index in [4.69, 9.17) is 5.73 Å². The summed E-state index contributed by atoms with van der Waals surface area (Å²) in [6.07, 6.45) is 16.2. The van der Waals surface area contributed by atoms with Crippen LogP contribution in [0.25, 0.3) is 0 Å². The van der Waals surface area contributed by atoms with Crippen LogP contribution in [0.1, 0.15) is 111 Å². The molecule has 2 unspecified atom stereocenters. The van der Waals surface area contributed by atoms with E-state index in [9.17, 15) is 4.79 Å². The lowest BCUT2D eigenvalue weighted by molar-refractivity contribution is -0.124. The molecule has 0 spiro atoms. The second-order valence-electron chi connectivity index (χ2n) is 7.76. The zero-order valence-corrected chi connectivity index (χ0v) is 17.7. The van der Waals surface area contributed by atoms with Crippen molar-refractivity contribution >= 4 is 5.91 Å². The molecule has 2 N–H and O–H groups in total. The second-order valence-corrected chi connectivity index (χ2v) is 7.76. The number of carbonyl (C=O) groups is 1. The lowest BCUT2D eigenvalue weighted by Crippen LogP contribution is -2.44. The average Bonchev–Trinajstić information content (AvgIpc) is 2.59. The van der Waals surface area contributed by atoms with Gasteiger partial charge in [0.1, 0.15) is 0 Å². The summed E-state index contributed by atoms with van der Waals surface area (Å²) in [5, 5.41) is 0. The smallest absolute Gasteiger partial charge is 0.222 e. The van der Waals surface area contributed by atoms with E-state index >= 15 is 0 Å². The minimum absolute atomic E-state index is 0.00815. The molecule has 0 fully saturated rings. The van der Waals surface area contributed by atoms with Crippen LogP contribution < -0.4 is 5.73 Å². The normalized spacial score (nSPS) is 14.0. The molecule has 0 saturated heterocycles. The third kappa shape index (κ3) is 12.4. The van der Waals surface area contributed by atoms with Gasteiger partial charge in [0.2, 0.25) is 5.91 Å². The predicted molar refractivity (Wildman–Crippen MR) is 111 cm³/mol. The molecular formula is C22H46N2O. The van der Waals surface area contributed by atoms with Crippen molar-refractivity contribution in [3.05, 3.63) is 0 Å². The Bertz CT molecular complexity index is 298. The molecule has 0 heterocycles. The van der Waals surface area contributed by atoms with Gasteiger partial charge >= 0.3 is 0 Å². The van der Waals surface area contributed by atoms with Gasteiger partial charge in [-0.1, -0.05) is 85.0 Å². The number of hydrogen-bond donors (Lipinski definition) is 1. The Balaban J connectivity index is 4.26. The molecule has 2 atom stereocenters. The summed E-state index contributed by atoms with van der Waals surface area (Å²) in [5.41, 5.74) is 5.76. The van der Waals surface area contributed by atoms with E-state index in [1.54, 1.807) is 0 Å². The first kappa shape index (κ1) is 24.4. The predicted octanol–water partition coefficient (Wildman–Crippen LogP) is 5.91. The molecule has 1 amide bonds. The molecule has 3 heteroatoms. The van der Waals surface area contributed by atoms with Gasteiger partial charge in [-0.05, 0) is 39.3 Å². The number of nitrogens with two attached hydrogens (primary N) is 1. The van der Waals surface area contributed by atoms with Gasteiger partial charge in [-0.2, -0.15) is 0 Å². The maximum absolute atomic E-state index is 12.0. The van der Waals surface area contributed by atoms with E-state index in [0.717, 1.165) is 25.9 Å². The van der Waals surface area contributed by atoms with Crippen LogP contribution in [-0.4, -0.2) is 29.9 Å². The maximum Gasteiger partial charge on any atom is 0.222 e. The van der Waals surface area contributed by atoms with Crippen molar-refractivity contribution in [1.29, 1.82) is 0 Å². The number of unbranched alkanes of at least 4 members (excludes halogenated alkanes) is 9. The standard InChI is InChI=1S/C22H46N2O/c1-5-8-11-12-13-14-15-16-17-21(22(23)25)20(4)24(18-9-6-2)19-10-7-3/h20-21H,5-19H2,1-4H3,(H2,23,25). The Morgan fingerprint density at radius 1 is 0.760 bits per heavy atom. The Morgan fingerprint density at radius 2 is 1.20 bits per heavy atom. The third-order valence-electron chi connectivity index (χ3n) is 5.49. The largest absolute Gasteiger partial charge is 0.369 e. The van der Waals surface area contributed by atoms with E-state index in [-0.39, 0.29) is 17.9 Å². The summed E-state index contributed by atoms with van der Waals surface area (Å²) >= 11 is 0. The molecule has 3 nitrogen and oxygen atoms in total. The van der Waals surface area contributed by atoms with Gasteiger partial charge in [0, 0.05) is 6.04 Å². The minimum Gasteiger partial charge on any atom is -0.369 e. The molecule has 25 heavy (non-hydrogen) atoms. The van der Waals surface area contributed by atoms with Crippen molar-refractivity contribution in [2.45, 2.75) is 117 Å². The molecule has 0 aliphatic carbocycles. The molecule has 0 aromatic rings. The number of nitrogens with zero attached hydrogens (tertiary/aromatic N) is 1. The van der Waals surface area contributed by atoms with Crippen LogP contribution in [0, 0.1) is 5.92 Å². The summed E-state index contributed by atoms with van der Waals surface area (Å²) in [7, 11) is 0. The van der Waals surface area contributed by atoms with Crippen molar-refractivity contribution < 1.29 is 4.79 Å². The summed E-state index contributed by atoms with van der Waals surface area (Å²) in [6.45, 7) is 11.1. The van der Waals surface area contributed by atoms with Gasteiger partial charge in [0.05, 0.1) is 5.92 Å². The van der Waals surface area contributed by atoms with E-state index in [1.165, 1.54) is 70.6 Å². The van der Waals surface area contributed by atoms with E-state index in [1.807, 2.05) is 0 Å². The Kier molecular flexibility index (Phi) is 16.5. The van der Waals surface area contributed by atoms with E-state index in [0.29, 0.717) is 0 Å². The summed E-state index contributed by atoms with van der Waals surface area (Å²) in [6, 6.07) is 0.278. The fourth-order valence-electron chi connectivity index (χ4n) is 3.62. The van der Waals surface area contributed by atoms with Crippen LogP contribution in [-0.2, 0) is 4.79 Å². The van der Waals surface area contributed by atoms with E-state index < -0.39 is 0 Å².